The molecule has 1 aromatic rings. The van der Waals surface area contributed by atoms with Crippen molar-refractivity contribution in [3.63, 3.8) is 0 Å². The third kappa shape index (κ3) is 2.64. The number of nitrogens with zero attached hydrogens (tertiary/aromatic N) is 1. The maximum Gasteiger partial charge on any atom is 0.339 e. The molecule has 1 heterocycles. The number of esters is 1. The van der Waals surface area contributed by atoms with Crippen LogP contribution in [0.15, 0.2) is 12.1 Å². The Hall–Kier alpha value is -0.580. The lowest BCUT2D eigenvalue weighted by molar-refractivity contribution is 0.0601. The second-order valence-electron chi connectivity index (χ2n) is 3.57. The summed E-state index contributed by atoms with van der Waals surface area (Å²) in [6.07, 6.45) is 1.12. The summed E-state index contributed by atoms with van der Waals surface area (Å²) in [5.41, 5.74) is 1.20. The van der Waals surface area contributed by atoms with E-state index >= 15 is 0 Å². The number of methoxy groups -OCH3 is 1. The van der Waals surface area contributed by atoms with E-state index in [0.29, 0.717) is 10.6 Å². The van der Waals surface area contributed by atoms with E-state index in [1.54, 1.807) is 24.1 Å². The second kappa shape index (κ2) is 5.38. The van der Waals surface area contributed by atoms with Crippen LogP contribution in [-0.4, -0.2) is 25.4 Å². The molecule has 0 aliphatic carbocycles. The monoisotopic (exact) mass is 291 g/mol. The van der Waals surface area contributed by atoms with Crippen molar-refractivity contribution in [2.75, 3.05) is 23.7 Å². The molecule has 0 bridgehead atoms. The van der Waals surface area contributed by atoms with Crippen LogP contribution in [0.1, 0.15) is 16.8 Å². The quantitative estimate of drug-likeness (QED) is 0.615. The maximum absolute atomic E-state index is 11.6. The molecule has 1 fully saturated rings. The van der Waals surface area contributed by atoms with Crippen LogP contribution in [-0.2, 0) is 4.74 Å². The largest absolute Gasteiger partial charge is 0.465 e. The summed E-state index contributed by atoms with van der Waals surface area (Å²) in [7, 11) is 1.32. The van der Waals surface area contributed by atoms with Crippen molar-refractivity contribution in [3.8, 4) is 0 Å². The van der Waals surface area contributed by atoms with Crippen LogP contribution < -0.4 is 4.31 Å². The van der Waals surface area contributed by atoms with Gasteiger partial charge in [0, 0.05) is 18.0 Å². The molecule has 1 saturated heterocycles. The van der Waals surface area contributed by atoms with Gasteiger partial charge in [0.05, 0.1) is 22.7 Å². The van der Waals surface area contributed by atoms with Gasteiger partial charge in [0.2, 0.25) is 0 Å². The van der Waals surface area contributed by atoms with Gasteiger partial charge in [-0.25, -0.2) is 4.79 Å². The van der Waals surface area contributed by atoms with Gasteiger partial charge in [-0.1, -0.05) is 23.2 Å². The molecule has 0 spiro atoms. The van der Waals surface area contributed by atoms with E-state index < -0.39 is 5.97 Å². The first-order valence-electron chi connectivity index (χ1n) is 5.11. The number of carbonyl (C=O) groups excluding carboxylic acids is 1. The number of halogens is 2. The zero-order valence-electron chi connectivity index (χ0n) is 9.20. The summed E-state index contributed by atoms with van der Waals surface area (Å²) < 4.78 is 6.79. The van der Waals surface area contributed by atoms with Crippen LogP contribution in [0.5, 0.6) is 0 Å². The SMILES string of the molecule is COC(=O)c1cc(N2CCCS2)cc(Cl)c1Cl. The highest BCUT2D eigenvalue weighted by Crippen LogP contribution is 2.36. The van der Waals surface area contributed by atoms with Crippen LogP contribution in [0.4, 0.5) is 5.69 Å². The zero-order chi connectivity index (χ0) is 12.4. The number of carbonyl (C=O) groups is 1. The number of ether oxygens (including phenoxy) is 1. The van der Waals surface area contributed by atoms with Crippen molar-refractivity contribution in [2.45, 2.75) is 6.42 Å². The van der Waals surface area contributed by atoms with Crippen molar-refractivity contribution in [1.29, 1.82) is 0 Å². The van der Waals surface area contributed by atoms with Gasteiger partial charge >= 0.3 is 5.97 Å². The highest BCUT2D eigenvalue weighted by atomic mass is 35.5. The number of rotatable bonds is 2. The smallest absolute Gasteiger partial charge is 0.339 e. The molecule has 17 heavy (non-hydrogen) atoms. The molecule has 1 aliphatic heterocycles. The lowest BCUT2D eigenvalue weighted by Gasteiger charge is -2.17. The molecule has 0 radical (unpaired) electrons. The minimum absolute atomic E-state index is 0.242. The highest BCUT2D eigenvalue weighted by molar-refractivity contribution is 8.00. The molecule has 92 valence electrons. The summed E-state index contributed by atoms with van der Waals surface area (Å²) in [5, 5.41) is 0.614. The predicted octanol–water partition coefficient (Wildman–Crippen LogP) is 3.64. The number of hydrogen-bond donors (Lipinski definition) is 0. The van der Waals surface area contributed by atoms with E-state index in [9.17, 15) is 4.79 Å². The molecule has 3 nitrogen and oxygen atoms in total. The molecule has 1 aromatic carbocycles. The zero-order valence-corrected chi connectivity index (χ0v) is 11.5. The fourth-order valence-electron chi connectivity index (χ4n) is 1.63. The fourth-order valence-corrected chi connectivity index (χ4v) is 3.02. The van der Waals surface area contributed by atoms with Crippen LogP contribution in [0.25, 0.3) is 0 Å². The van der Waals surface area contributed by atoms with E-state index in [1.807, 2.05) is 0 Å². The van der Waals surface area contributed by atoms with Gasteiger partial charge in [-0.15, -0.1) is 0 Å². The summed E-state index contributed by atoms with van der Waals surface area (Å²) in [5.74, 6) is 0.608. The van der Waals surface area contributed by atoms with Crippen LogP contribution in [0, 0.1) is 0 Å². The molecule has 2 rings (SSSR count). The summed E-state index contributed by atoms with van der Waals surface area (Å²) in [4.78, 5) is 11.6. The first-order valence-corrected chi connectivity index (χ1v) is 6.81. The third-order valence-corrected chi connectivity index (χ3v) is 4.44. The molecular formula is C11H11Cl2NO2S. The molecule has 0 aromatic heterocycles. The van der Waals surface area contributed by atoms with Gasteiger partial charge in [-0.3, -0.25) is 0 Å². The third-order valence-electron chi connectivity index (χ3n) is 2.46. The van der Waals surface area contributed by atoms with Gasteiger partial charge in [0.15, 0.2) is 0 Å². The topological polar surface area (TPSA) is 29.5 Å². The van der Waals surface area contributed by atoms with Gasteiger partial charge in [0.1, 0.15) is 0 Å². The summed E-state index contributed by atoms with van der Waals surface area (Å²) >= 11 is 13.7. The molecule has 0 N–H and O–H groups in total. The van der Waals surface area contributed by atoms with Crippen LogP contribution >= 0.6 is 35.1 Å². The van der Waals surface area contributed by atoms with Crippen molar-refractivity contribution in [1.82, 2.24) is 0 Å². The van der Waals surface area contributed by atoms with Crippen LogP contribution in [0.2, 0.25) is 10.0 Å². The normalized spacial score (nSPS) is 15.1. The Kier molecular flexibility index (Phi) is 4.07. The fraction of sp³-hybridized carbons (Fsp3) is 0.364. The Labute approximate surface area is 114 Å². The first kappa shape index (κ1) is 12.9. The van der Waals surface area contributed by atoms with E-state index in [1.165, 1.54) is 7.11 Å². The Morgan fingerprint density at radius 3 is 2.82 bits per heavy atom. The van der Waals surface area contributed by atoms with Gasteiger partial charge in [-0.05, 0) is 30.5 Å². The maximum atomic E-state index is 11.6. The minimum Gasteiger partial charge on any atom is -0.465 e. The number of anilines is 1. The van der Waals surface area contributed by atoms with E-state index in [0.717, 1.165) is 24.4 Å². The Balaban J connectivity index is 2.41. The Morgan fingerprint density at radius 1 is 1.47 bits per heavy atom. The molecule has 6 heteroatoms. The standard InChI is InChI=1S/C11H11Cl2NO2S/c1-16-11(15)8-5-7(6-9(12)10(8)13)14-3-2-4-17-14/h5-6H,2-4H2,1H3. The second-order valence-corrected chi connectivity index (χ2v) is 5.46. The van der Waals surface area contributed by atoms with E-state index in [-0.39, 0.29) is 5.02 Å². The highest BCUT2D eigenvalue weighted by Gasteiger charge is 2.20. The molecule has 0 atom stereocenters. The van der Waals surface area contributed by atoms with Gasteiger partial charge < -0.3 is 9.04 Å². The van der Waals surface area contributed by atoms with Crippen molar-refractivity contribution in [3.05, 3.63) is 27.7 Å². The summed E-state index contributed by atoms with van der Waals surface area (Å²) in [6.45, 7) is 0.948. The van der Waals surface area contributed by atoms with Gasteiger partial charge in [0.25, 0.3) is 0 Å². The lowest BCUT2D eigenvalue weighted by atomic mass is 10.2. The van der Waals surface area contributed by atoms with Crippen molar-refractivity contribution in [2.24, 2.45) is 0 Å². The van der Waals surface area contributed by atoms with Crippen molar-refractivity contribution < 1.29 is 9.53 Å². The molecule has 1 aliphatic rings. The molecule has 0 saturated carbocycles. The number of hydrogen-bond acceptors (Lipinski definition) is 4. The Morgan fingerprint density at radius 2 is 2.24 bits per heavy atom. The lowest BCUT2D eigenvalue weighted by Crippen LogP contribution is -2.11. The Bertz CT molecular complexity index is 447. The average Bonchev–Trinajstić information content (AvgIpc) is 2.85. The summed E-state index contributed by atoms with van der Waals surface area (Å²) in [6, 6.07) is 3.49. The van der Waals surface area contributed by atoms with Gasteiger partial charge in [-0.2, -0.15) is 0 Å². The molecule has 0 amide bonds. The molecular weight excluding hydrogens is 281 g/mol. The average molecular weight is 292 g/mol. The van der Waals surface area contributed by atoms with E-state index in [2.05, 4.69) is 9.04 Å². The first-order chi connectivity index (χ1) is 8.13. The van der Waals surface area contributed by atoms with Crippen LogP contribution in [0.3, 0.4) is 0 Å². The van der Waals surface area contributed by atoms with E-state index in [4.69, 9.17) is 23.2 Å². The number of benzene rings is 1. The molecule has 0 unspecified atom stereocenters. The predicted molar refractivity (Wildman–Crippen MR) is 72.2 cm³/mol. The van der Waals surface area contributed by atoms with Crippen molar-refractivity contribution >= 4 is 46.8 Å². The minimum atomic E-state index is -0.469.